The molecule has 0 aliphatic carbocycles. The Morgan fingerprint density at radius 3 is 0.615 bits per heavy atom. The molecular formula is C6H21AlCl3O3. The van der Waals surface area contributed by atoms with Crippen molar-refractivity contribution in [2.75, 3.05) is 19.8 Å². The van der Waals surface area contributed by atoms with Gasteiger partial charge in [-0.1, -0.05) is 0 Å². The summed E-state index contributed by atoms with van der Waals surface area (Å²) in [6, 6.07) is 0. The van der Waals surface area contributed by atoms with Crippen molar-refractivity contribution in [3.8, 4) is 0 Å². The molecule has 0 spiro atoms. The van der Waals surface area contributed by atoms with Gasteiger partial charge in [0.25, 0.3) is 0 Å². The molecule has 0 rings (SSSR count). The first-order valence-corrected chi connectivity index (χ1v) is 3.07. The molecule has 0 bridgehead atoms. The minimum atomic E-state index is 0. The lowest BCUT2D eigenvalue weighted by Crippen LogP contribution is -1.57. The van der Waals surface area contributed by atoms with Gasteiger partial charge in [-0.05, 0) is 20.8 Å². The number of rotatable bonds is 0. The quantitative estimate of drug-likeness (QED) is 0.575. The lowest BCUT2D eigenvalue weighted by Gasteiger charge is -1.52. The maximum absolute atomic E-state index is 7.57. The monoisotopic (exact) mass is 273 g/mol. The number of hydrogen-bond acceptors (Lipinski definition) is 3. The largest absolute Gasteiger partial charge is 0.397 e. The van der Waals surface area contributed by atoms with Crippen molar-refractivity contribution in [3.05, 3.63) is 0 Å². The zero-order valence-electron chi connectivity index (χ0n) is 8.27. The van der Waals surface area contributed by atoms with Crippen LogP contribution in [0.1, 0.15) is 20.8 Å². The summed E-state index contributed by atoms with van der Waals surface area (Å²) in [5.41, 5.74) is 0. The molecule has 0 saturated heterocycles. The first kappa shape index (κ1) is 47.5. The van der Waals surface area contributed by atoms with Gasteiger partial charge >= 0.3 is 0 Å². The van der Waals surface area contributed by atoms with E-state index in [0.717, 1.165) is 0 Å². The topological polar surface area (TPSA) is 60.7 Å². The summed E-state index contributed by atoms with van der Waals surface area (Å²) >= 11 is 0. The van der Waals surface area contributed by atoms with Gasteiger partial charge in [-0.2, -0.15) is 0 Å². The first-order chi connectivity index (χ1) is 4.24. The zero-order chi connectivity index (χ0) is 8.12. The van der Waals surface area contributed by atoms with Gasteiger partial charge in [0.05, 0.1) is 0 Å². The lowest BCUT2D eigenvalue weighted by molar-refractivity contribution is 0.318. The Kier molecular flexibility index (Phi) is 399. The molecular weight excluding hydrogens is 253 g/mol. The Bertz CT molecular complexity index is 27.8. The minimum absolute atomic E-state index is 0. The highest BCUT2D eigenvalue weighted by atomic mass is 35.5. The maximum atomic E-state index is 7.57. The highest BCUT2D eigenvalue weighted by Crippen LogP contribution is 1.30. The Morgan fingerprint density at radius 1 is 0.615 bits per heavy atom. The molecule has 0 unspecified atom stereocenters. The highest BCUT2D eigenvalue weighted by molar-refractivity contribution is 5.86. The van der Waals surface area contributed by atoms with Gasteiger partial charge in [0.2, 0.25) is 0 Å². The molecule has 0 atom stereocenters. The van der Waals surface area contributed by atoms with Gasteiger partial charge in [-0.15, -0.1) is 37.2 Å². The smallest absolute Gasteiger partial charge is 0.0402 e. The summed E-state index contributed by atoms with van der Waals surface area (Å²) < 4.78 is 0. The molecule has 0 aromatic heterocycles. The predicted octanol–water partition coefficient (Wildman–Crippen LogP) is 0.880. The molecule has 87 valence electrons. The number of halogens is 3. The second kappa shape index (κ2) is 109. The molecule has 0 saturated carbocycles. The normalized spacial score (nSPS) is 4.15. The highest BCUT2D eigenvalue weighted by Gasteiger charge is 1.35. The van der Waals surface area contributed by atoms with Crippen LogP contribution in [0, 0.1) is 0 Å². The molecule has 0 aromatic rings. The van der Waals surface area contributed by atoms with Crippen LogP contribution in [-0.2, 0) is 0 Å². The van der Waals surface area contributed by atoms with Gasteiger partial charge in [-0.3, -0.25) is 0 Å². The minimum Gasteiger partial charge on any atom is -0.397 e. The summed E-state index contributed by atoms with van der Waals surface area (Å²) in [5.74, 6) is 0. The zero-order valence-corrected chi connectivity index (χ0v) is 11.9. The van der Waals surface area contributed by atoms with Gasteiger partial charge in [0.1, 0.15) is 0 Å². The SMILES string of the molecule is CCO.CCO.CCO.Cl.Cl.Cl.[Al]. The van der Waals surface area contributed by atoms with Crippen LogP contribution in [-0.4, -0.2) is 52.5 Å². The van der Waals surface area contributed by atoms with E-state index < -0.39 is 0 Å². The van der Waals surface area contributed by atoms with Crippen LogP contribution >= 0.6 is 37.2 Å². The van der Waals surface area contributed by atoms with E-state index in [0.29, 0.717) is 0 Å². The Labute approximate surface area is 110 Å². The predicted molar refractivity (Wildman–Crippen MR) is 65.8 cm³/mol. The molecule has 0 aromatic carbocycles. The number of aliphatic hydroxyl groups excluding tert-OH is 3. The van der Waals surface area contributed by atoms with Gasteiger partial charge < -0.3 is 15.3 Å². The van der Waals surface area contributed by atoms with Crippen molar-refractivity contribution in [1.29, 1.82) is 0 Å². The molecule has 7 heteroatoms. The summed E-state index contributed by atoms with van der Waals surface area (Å²) in [4.78, 5) is 0. The molecule has 0 aliphatic heterocycles. The van der Waals surface area contributed by atoms with E-state index >= 15 is 0 Å². The number of aliphatic hydroxyl groups is 3. The van der Waals surface area contributed by atoms with E-state index in [1.165, 1.54) is 0 Å². The van der Waals surface area contributed by atoms with Gasteiger partial charge in [0, 0.05) is 37.2 Å². The van der Waals surface area contributed by atoms with Crippen molar-refractivity contribution in [3.63, 3.8) is 0 Å². The first-order valence-electron chi connectivity index (χ1n) is 3.07. The van der Waals surface area contributed by atoms with Crippen molar-refractivity contribution >= 4 is 54.6 Å². The fourth-order valence-electron chi connectivity index (χ4n) is 0. The molecule has 0 fully saturated rings. The average Bonchev–Trinajstić information content (AvgIpc) is 1.70. The molecule has 3 nitrogen and oxygen atoms in total. The van der Waals surface area contributed by atoms with Crippen LogP contribution in [0.25, 0.3) is 0 Å². The van der Waals surface area contributed by atoms with E-state index in [1.54, 1.807) is 20.8 Å². The Hall–Kier alpha value is 1.28. The van der Waals surface area contributed by atoms with Crippen molar-refractivity contribution in [1.82, 2.24) is 0 Å². The van der Waals surface area contributed by atoms with Crippen LogP contribution in [0.15, 0.2) is 0 Å². The van der Waals surface area contributed by atoms with Crippen LogP contribution in [0.5, 0.6) is 0 Å². The van der Waals surface area contributed by atoms with E-state index in [1.807, 2.05) is 0 Å². The maximum Gasteiger partial charge on any atom is 0.0402 e. The van der Waals surface area contributed by atoms with E-state index in [4.69, 9.17) is 15.3 Å². The second-order valence-electron chi connectivity index (χ2n) is 0.949. The third-order valence-corrected chi connectivity index (χ3v) is 0. The summed E-state index contributed by atoms with van der Waals surface area (Å²) in [6.07, 6.45) is 0. The van der Waals surface area contributed by atoms with E-state index in [-0.39, 0.29) is 74.4 Å². The lowest BCUT2D eigenvalue weighted by atomic mass is 10.9. The molecule has 0 amide bonds. The van der Waals surface area contributed by atoms with Crippen LogP contribution in [0.3, 0.4) is 0 Å². The van der Waals surface area contributed by atoms with Crippen LogP contribution in [0.4, 0.5) is 0 Å². The number of hydrogen-bond donors (Lipinski definition) is 3. The standard InChI is InChI=1S/3C2H6O.Al.3ClH/c3*1-2-3;;;;/h3*3H,2H2,1H3;;3*1H. The Morgan fingerprint density at radius 2 is 0.615 bits per heavy atom. The van der Waals surface area contributed by atoms with Crippen LogP contribution < -0.4 is 0 Å². The molecule has 13 heavy (non-hydrogen) atoms. The van der Waals surface area contributed by atoms with Crippen LogP contribution in [0.2, 0.25) is 0 Å². The molecule has 0 aliphatic rings. The fourth-order valence-corrected chi connectivity index (χ4v) is 0. The van der Waals surface area contributed by atoms with E-state index in [2.05, 4.69) is 0 Å². The average molecular weight is 275 g/mol. The fraction of sp³-hybridized carbons (Fsp3) is 1.00. The second-order valence-corrected chi connectivity index (χ2v) is 0.949. The molecule has 3 N–H and O–H groups in total. The van der Waals surface area contributed by atoms with Crippen molar-refractivity contribution in [2.45, 2.75) is 20.8 Å². The van der Waals surface area contributed by atoms with E-state index in [9.17, 15) is 0 Å². The van der Waals surface area contributed by atoms with Gasteiger partial charge in [0.15, 0.2) is 0 Å². The van der Waals surface area contributed by atoms with Gasteiger partial charge in [-0.25, -0.2) is 0 Å². The summed E-state index contributed by atoms with van der Waals surface area (Å²) in [6.45, 7) is 5.79. The third kappa shape index (κ3) is 1030. The Balaban J connectivity index is -0.00000000720. The van der Waals surface area contributed by atoms with Crippen molar-refractivity contribution in [2.24, 2.45) is 0 Å². The third-order valence-electron chi connectivity index (χ3n) is 0. The van der Waals surface area contributed by atoms with Crippen molar-refractivity contribution < 1.29 is 15.3 Å². The summed E-state index contributed by atoms with van der Waals surface area (Å²) in [5, 5.41) is 22.7. The molecule has 3 radical (unpaired) electrons. The summed E-state index contributed by atoms with van der Waals surface area (Å²) in [7, 11) is 0. The molecule has 0 heterocycles.